The van der Waals surface area contributed by atoms with Crippen LogP contribution in [0.2, 0.25) is 0 Å². The molecule has 2 aromatic rings. The van der Waals surface area contributed by atoms with Gasteiger partial charge >= 0.3 is 6.09 Å². The highest BCUT2D eigenvalue weighted by molar-refractivity contribution is 6.02. The summed E-state index contributed by atoms with van der Waals surface area (Å²) in [6, 6.07) is 8.06. The lowest BCUT2D eigenvalue weighted by molar-refractivity contribution is -0.207. The normalized spacial score (nSPS) is 14.4. The van der Waals surface area contributed by atoms with Crippen molar-refractivity contribution in [1.29, 1.82) is 0 Å². The summed E-state index contributed by atoms with van der Waals surface area (Å²) >= 11 is 0. The number of carbonyl (C=O) groups is 3. The number of imide groups is 1. The number of nitrogens with two attached hydrogens (primary N) is 1. The number of carbonyl (C=O) groups excluding carboxylic acids is 3. The van der Waals surface area contributed by atoms with Crippen molar-refractivity contribution in [2.45, 2.75) is 12.8 Å². The molecule has 23 heavy (non-hydrogen) atoms. The number of hydroxylamine groups is 1. The predicted molar refractivity (Wildman–Crippen MR) is 76.9 cm³/mol. The number of ether oxygens (including phenoxy) is 1. The second-order valence-corrected chi connectivity index (χ2v) is 4.82. The van der Waals surface area contributed by atoms with Gasteiger partial charge in [-0.15, -0.1) is 0 Å². The second-order valence-electron chi connectivity index (χ2n) is 4.82. The second kappa shape index (κ2) is 5.54. The number of amides is 3. The standard InChI is InChI=1S/C14H12N4O5/c15-9-2-1-3-10-8(9)4-5-11(16-10)23-14(21)18(22)17-12(19)6-7-13(17)20/h1-5,22H,6-7,15H2. The highest BCUT2D eigenvalue weighted by Crippen LogP contribution is 2.22. The number of nitrogens with zero attached hydrogens (tertiary/aromatic N) is 3. The summed E-state index contributed by atoms with van der Waals surface area (Å²) in [5.74, 6) is -1.48. The van der Waals surface area contributed by atoms with E-state index in [1.807, 2.05) is 0 Å². The zero-order chi connectivity index (χ0) is 16.6. The van der Waals surface area contributed by atoms with Gasteiger partial charge in [0.15, 0.2) is 0 Å². The number of hydrogen-bond donors (Lipinski definition) is 2. The van der Waals surface area contributed by atoms with Gasteiger partial charge in [-0.3, -0.25) is 14.8 Å². The maximum atomic E-state index is 11.8. The first-order valence-electron chi connectivity index (χ1n) is 6.69. The van der Waals surface area contributed by atoms with E-state index in [-0.39, 0.29) is 23.9 Å². The van der Waals surface area contributed by atoms with Crippen LogP contribution in [-0.2, 0) is 9.59 Å². The summed E-state index contributed by atoms with van der Waals surface area (Å²) in [7, 11) is 0. The Bertz CT molecular complexity index is 806. The first kappa shape index (κ1) is 14.7. The first-order chi connectivity index (χ1) is 11.0. The van der Waals surface area contributed by atoms with Crippen molar-refractivity contribution in [3.8, 4) is 5.88 Å². The Kier molecular flexibility index (Phi) is 3.54. The van der Waals surface area contributed by atoms with Gasteiger partial charge in [-0.25, -0.2) is 9.78 Å². The smallest absolute Gasteiger partial charge is 0.398 e. The molecule has 0 saturated carbocycles. The van der Waals surface area contributed by atoms with Gasteiger partial charge in [0.25, 0.3) is 11.8 Å². The molecule has 0 atom stereocenters. The van der Waals surface area contributed by atoms with Crippen molar-refractivity contribution in [2.75, 3.05) is 5.73 Å². The zero-order valence-corrected chi connectivity index (χ0v) is 11.8. The van der Waals surface area contributed by atoms with E-state index < -0.39 is 17.9 Å². The van der Waals surface area contributed by atoms with Gasteiger partial charge in [-0.2, -0.15) is 5.01 Å². The van der Waals surface area contributed by atoms with E-state index in [4.69, 9.17) is 10.5 Å². The summed E-state index contributed by atoms with van der Waals surface area (Å²) in [5.41, 5.74) is 6.80. The molecule has 3 amide bonds. The number of hydrogen-bond acceptors (Lipinski definition) is 7. The lowest BCUT2D eigenvalue weighted by atomic mass is 10.2. The third kappa shape index (κ3) is 2.64. The number of hydrazine groups is 1. The molecule has 0 unspecified atom stereocenters. The minimum atomic E-state index is -1.32. The Morgan fingerprint density at radius 1 is 1.22 bits per heavy atom. The van der Waals surface area contributed by atoms with Crippen molar-refractivity contribution >= 4 is 34.5 Å². The molecule has 1 aromatic carbocycles. The topological polar surface area (TPSA) is 126 Å². The van der Waals surface area contributed by atoms with Gasteiger partial charge in [-0.05, 0) is 18.2 Å². The Morgan fingerprint density at radius 3 is 2.61 bits per heavy atom. The third-order valence-corrected chi connectivity index (χ3v) is 3.31. The van der Waals surface area contributed by atoms with E-state index in [0.29, 0.717) is 21.6 Å². The Hall–Kier alpha value is -3.20. The molecule has 1 aromatic heterocycles. The van der Waals surface area contributed by atoms with Gasteiger partial charge in [0, 0.05) is 30.0 Å². The van der Waals surface area contributed by atoms with Gasteiger partial charge in [0.05, 0.1) is 5.52 Å². The molecule has 1 aliphatic heterocycles. The lowest BCUT2D eigenvalue weighted by Crippen LogP contribution is -2.48. The number of nitrogen functional groups attached to an aromatic ring is 1. The fraction of sp³-hybridized carbons (Fsp3) is 0.143. The van der Waals surface area contributed by atoms with Gasteiger partial charge in [-0.1, -0.05) is 11.2 Å². The molecule has 3 rings (SSSR count). The maximum absolute atomic E-state index is 11.8. The van der Waals surface area contributed by atoms with E-state index in [9.17, 15) is 19.6 Å². The molecule has 118 valence electrons. The fourth-order valence-electron chi connectivity index (χ4n) is 2.20. The summed E-state index contributed by atoms with van der Waals surface area (Å²) in [5, 5.41) is 10.5. The average Bonchev–Trinajstić information content (AvgIpc) is 2.85. The fourth-order valence-corrected chi connectivity index (χ4v) is 2.20. The van der Waals surface area contributed by atoms with Crippen molar-refractivity contribution in [2.24, 2.45) is 0 Å². The largest absolute Gasteiger partial charge is 0.461 e. The van der Waals surface area contributed by atoms with Crippen LogP contribution in [0.15, 0.2) is 30.3 Å². The molecule has 1 saturated heterocycles. The number of fused-ring (bicyclic) bond motifs is 1. The quantitative estimate of drug-likeness (QED) is 0.367. The van der Waals surface area contributed by atoms with Gasteiger partial charge in [0.1, 0.15) is 0 Å². The van der Waals surface area contributed by atoms with Crippen LogP contribution in [0.25, 0.3) is 10.9 Å². The van der Waals surface area contributed by atoms with Crippen LogP contribution in [0.4, 0.5) is 10.5 Å². The van der Waals surface area contributed by atoms with E-state index in [2.05, 4.69) is 4.98 Å². The van der Waals surface area contributed by atoms with Crippen molar-refractivity contribution in [1.82, 2.24) is 15.2 Å². The molecule has 0 radical (unpaired) electrons. The number of pyridine rings is 1. The summed E-state index contributed by atoms with van der Waals surface area (Å²) in [6.07, 6.45) is -1.46. The van der Waals surface area contributed by atoms with E-state index in [1.165, 1.54) is 6.07 Å². The van der Waals surface area contributed by atoms with E-state index in [1.54, 1.807) is 24.3 Å². The summed E-state index contributed by atoms with van der Waals surface area (Å²) < 4.78 is 4.87. The lowest BCUT2D eigenvalue weighted by Gasteiger charge is -2.21. The molecule has 9 heteroatoms. The summed E-state index contributed by atoms with van der Waals surface area (Å²) in [4.78, 5) is 38.8. The monoisotopic (exact) mass is 316 g/mol. The van der Waals surface area contributed by atoms with Crippen LogP contribution in [0.1, 0.15) is 12.8 Å². The zero-order valence-electron chi connectivity index (χ0n) is 11.8. The Balaban J connectivity index is 1.80. The van der Waals surface area contributed by atoms with Crippen molar-refractivity contribution < 1.29 is 24.3 Å². The maximum Gasteiger partial charge on any atom is 0.461 e. The first-order valence-corrected chi connectivity index (χ1v) is 6.69. The molecule has 0 spiro atoms. The van der Waals surface area contributed by atoms with E-state index in [0.717, 1.165) is 0 Å². The summed E-state index contributed by atoms with van der Waals surface area (Å²) in [6.45, 7) is 0. The van der Waals surface area contributed by atoms with Crippen LogP contribution < -0.4 is 10.5 Å². The minimum absolute atomic E-state index is 0.0727. The number of benzene rings is 1. The van der Waals surface area contributed by atoms with Crippen LogP contribution in [0.5, 0.6) is 5.88 Å². The molecule has 9 nitrogen and oxygen atoms in total. The molecule has 2 heterocycles. The Morgan fingerprint density at radius 2 is 1.91 bits per heavy atom. The predicted octanol–water partition coefficient (Wildman–Crippen LogP) is 1.07. The number of rotatable bonds is 2. The number of aromatic nitrogens is 1. The minimum Gasteiger partial charge on any atom is -0.398 e. The van der Waals surface area contributed by atoms with Crippen LogP contribution in [-0.4, -0.2) is 38.3 Å². The third-order valence-electron chi connectivity index (χ3n) is 3.31. The SMILES string of the molecule is Nc1cccc2nc(OC(=O)N(O)N3C(=O)CCC3=O)ccc12. The van der Waals surface area contributed by atoms with Crippen LogP contribution in [0.3, 0.4) is 0 Å². The molecular weight excluding hydrogens is 304 g/mol. The highest BCUT2D eigenvalue weighted by atomic mass is 16.7. The van der Waals surface area contributed by atoms with Gasteiger partial charge < -0.3 is 10.5 Å². The number of anilines is 1. The Labute approximate surface area is 129 Å². The molecular formula is C14H12N4O5. The van der Waals surface area contributed by atoms with Crippen molar-refractivity contribution in [3.63, 3.8) is 0 Å². The molecule has 3 N–H and O–H groups in total. The van der Waals surface area contributed by atoms with E-state index >= 15 is 0 Å². The van der Waals surface area contributed by atoms with Gasteiger partial charge in [0.2, 0.25) is 5.88 Å². The molecule has 1 aliphatic rings. The molecule has 1 fully saturated rings. The molecule has 0 aliphatic carbocycles. The average molecular weight is 316 g/mol. The van der Waals surface area contributed by atoms with Crippen molar-refractivity contribution in [3.05, 3.63) is 30.3 Å². The highest BCUT2D eigenvalue weighted by Gasteiger charge is 2.37. The van der Waals surface area contributed by atoms with Crippen LogP contribution in [0, 0.1) is 0 Å². The molecule has 0 bridgehead atoms. The van der Waals surface area contributed by atoms with Crippen LogP contribution >= 0.6 is 0 Å².